The van der Waals surface area contributed by atoms with Crippen molar-refractivity contribution in [3.8, 4) is 11.1 Å². The van der Waals surface area contributed by atoms with Crippen molar-refractivity contribution in [1.29, 1.82) is 0 Å². The molecular formula is C23H25NO4S2. The number of hydrogen-bond acceptors (Lipinski definition) is 4. The quantitative estimate of drug-likeness (QED) is 0.538. The Hall–Kier alpha value is -2.48. The van der Waals surface area contributed by atoms with Crippen LogP contribution in [0.1, 0.15) is 19.4 Å². The van der Waals surface area contributed by atoms with E-state index >= 15 is 0 Å². The Labute approximate surface area is 179 Å². The normalized spacial score (nSPS) is 12.3. The van der Waals surface area contributed by atoms with Crippen LogP contribution >= 0.6 is 0 Å². The molecule has 0 radical (unpaired) electrons. The van der Waals surface area contributed by atoms with Crippen LogP contribution in [0.15, 0.2) is 87.5 Å². The number of aryl methyl sites for hydroxylation is 1. The van der Waals surface area contributed by atoms with Crippen LogP contribution in [0.4, 0.5) is 0 Å². The summed E-state index contributed by atoms with van der Waals surface area (Å²) in [6.45, 7) is 6.35. The third kappa shape index (κ3) is 4.33. The Bertz CT molecular complexity index is 1210. The predicted octanol–water partition coefficient (Wildman–Crippen LogP) is 4.53. The first-order valence-electron chi connectivity index (χ1n) is 9.72. The van der Waals surface area contributed by atoms with Crippen molar-refractivity contribution < 1.29 is 16.8 Å². The highest BCUT2D eigenvalue weighted by atomic mass is 32.2. The van der Waals surface area contributed by atoms with E-state index in [0.717, 1.165) is 16.7 Å². The first-order valence-corrected chi connectivity index (χ1v) is 12.6. The summed E-state index contributed by atoms with van der Waals surface area (Å²) < 4.78 is 52.2. The molecule has 0 aromatic heterocycles. The average molecular weight is 444 g/mol. The molecule has 7 heteroatoms. The van der Waals surface area contributed by atoms with Gasteiger partial charge in [-0.25, -0.2) is 16.8 Å². The van der Waals surface area contributed by atoms with E-state index in [1.807, 2.05) is 20.8 Å². The standard InChI is InChI=1S/C23H25NO4S2/c1-4-24(5-2)30(27,28)23-16-10-20(11-17-23)19-8-14-22(15-9-19)29(25,26)21-12-6-18(3)7-13-21/h6-17H,4-5H2,1-3H3. The van der Waals surface area contributed by atoms with Crippen molar-refractivity contribution in [2.75, 3.05) is 13.1 Å². The SMILES string of the molecule is CCN(CC)S(=O)(=O)c1ccc(-c2ccc(S(=O)(=O)c3ccc(C)cc3)cc2)cc1. The summed E-state index contributed by atoms with van der Waals surface area (Å²) in [6, 6.07) is 20.0. The predicted molar refractivity (Wildman–Crippen MR) is 119 cm³/mol. The van der Waals surface area contributed by atoms with Gasteiger partial charge in [0, 0.05) is 13.1 Å². The van der Waals surface area contributed by atoms with Gasteiger partial charge in [0.25, 0.3) is 0 Å². The molecule has 0 heterocycles. The van der Waals surface area contributed by atoms with E-state index in [0.29, 0.717) is 13.1 Å². The van der Waals surface area contributed by atoms with E-state index in [1.165, 1.54) is 4.31 Å². The van der Waals surface area contributed by atoms with Crippen LogP contribution in [-0.4, -0.2) is 34.2 Å². The minimum absolute atomic E-state index is 0.218. The molecule has 3 rings (SSSR count). The first-order chi connectivity index (χ1) is 14.2. The summed E-state index contributed by atoms with van der Waals surface area (Å²) in [6.07, 6.45) is 0. The second kappa shape index (κ2) is 8.71. The third-order valence-electron chi connectivity index (χ3n) is 5.03. The molecule has 0 bridgehead atoms. The van der Waals surface area contributed by atoms with Gasteiger partial charge < -0.3 is 0 Å². The van der Waals surface area contributed by atoms with E-state index in [9.17, 15) is 16.8 Å². The zero-order valence-electron chi connectivity index (χ0n) is 17.2. The summed E-state index contributed by atoms with van der Waals surface area (Å²) in [4.78, 5) is 0.719. The molecule has 3 aromatic rings. The molecule has 0 saturated heterocycles. The van der Waals surface area contributed by atoms with Gasteiger partial charge in [-0.3, -0.25) is 0 Å². The molecule has 0 saturated carbocycles. The van der Waals surface area contributed by atoms with E-state index in [2.05, 4.69) is 0 Å². The van der Waals surface area contributed by atoms with Crippen LogP contribution < -0.4 is 0 Å². The fourth-order valence-corrected chi connectivity index (χ4v) is 5.93. The molecular weight excluding hydrogens is 418 g/mol. The number of nitrogens with zero attached hydrogens (tertiary/aromatic N) is 1. The monoisotopic (exact) mass is 443 g/mol. The molecule has 0 amide bonds. The number of rotatable bonds is 7. The maximum atomic E-state index is 12.8. The van der Waals surface area contributed by atoms with Gasteiger partial charge in [-0.1, -0.05) is 55.8 Å². The topological polar surface area (TPSA) is 71.5 Å². The Morgan fingerprint density at radius 1 is 0.600 bits per heavy atom. The Balaban J connectivity index is 1.87. The van der Waals surface area contributed by atoms with E-state index in [4.69, 9.17) is 0 Å². The summed E-state index contributed by atoms with van der Waals surface area (Å²) >= 11 is 0. The molecule has 0 N–H and O–H groups in total. The molecule has 0 spiro atoms. The van der Waals surface area contributed by atoms with Crippen molar-refractivity contribution in [3.63, 3.8) is 0 Å². The van der Waals surface area contributed by atoms with Crippen LogP contribution in [0.25, 0.3) is 11.1 Å². The highest BCUT2D eigenvalue weighted by molar-refractivity contribution is 7.91. The molecule has 0 aliphatic rings. The molecule has 0 aliphatic carbocycles. The Kier molecular flexibility index (Phi) is 6.45. The zero-order chi connectivity index (χ0) is 21.9. The lowest BCUT2D eigenvalue weighted by Crippen LogP contribution is -2.30. The van der Waals surface area contributed by atoms with Crippen molar-refractivity contribution in [1.82, 2.24) is 4.31 Å². The summed E-state index contributed by atoms with van der Waals surface area (Å²) in [5.74, 6) is 0. The number of sulfone groups is 1. The van der Waals surface area contributed by atoms with Crippen LogP contribution in [0.5, 0.6) is 0 Å². The molecule has 0 atom stereocenters. The van der Waals surface area contributed by atoms with Gasteiger partial charge in [0.15, 0.2) is 0 Å². The molecule has 5 nitrogen and oxygen atoms in total. The van der Waals surface area contributed by atoms with Gasteiger partial charge in [0.2, 0.25) is 19.9 Å². The highest BCUT2D eigenvalue weighted by Gasteiger charge is 2.21. The van der Waals surface area contributed by atoms with Gasteiger partial charge in [0.05, 0.1) is 14.7 Å². The van der Waals surface area contributed by atoms with Crippen LogP contribution in [0, 0.1) is 6.92 Å². The van der Waals surface area contributed by atoms with E-state index in [-0.39, 0.29) is 14.7 Å². The largest absolute Gasteiger partial charge is 0.243 e. The summed E-state index contributed by atoms with van der Waals surface area (Å²) in [7, 11) is -7.09. The van der Waals surface area contributed by atoms with Crippen molar-refractivity contribution in [2.45, 2.75) is 35.5 Å². The van der Waals surface area contributed by atoms with Crippen LogP contribution in [0.2, 0.25) is 0 Å². The minimum Gasteiger partial charge on any atom is -0.219 e. The maximum Gasteiger partial charge on any atom is 0.243 e. The van der Waals surface area contributed by atoms with Gasteiger partial charge in [-0.2, -0.15) is 4.31 Å². The zero-order valence-corrected chi connectivity index (χ0v) is 18.9. The maximum absolute atomic E-state index is 12.8. The van der Waals surface area contributed by atoms with Crippen LogP contribution in [0.3, 0.4) is 0 Å². The molecule has 0 fully saturated rings. The average Bonchev–Trinajstić information content (AvgIpc) is 2.75. The fraction of sp³-hybridized carbons (Fsp3) is 0.217. The first kappa shape index (κ1) is 22.2. The number of benzene rings is 3. The van der Waals surface area contributed by atoms with E-state index < -0.39 is 19.9 Å². The smallest absolute Gasteiger partial charge is 0.219 e. The lowest BCUT2D eigenvalue weighted by molar-refractivity contribution is 0.445. The fourth-order valence-electron chi connectivity index (χ4n) is 3.21. The molecule has 3 aromatic carbocycles. The van der Waals surface area contributed by atoms with Crippen molar-refractivity contribution in [3.05, 3.63) is 78.4 Å². The Morgan fingerprint density at radius 3 is 1.37 bits per heavy atom. The number of sulfonamides is 1. The minimum atomic E-state index is -3.58. The summed E-state index contributed by atoms with van der Waals surface area (Å²) in [5, 5.41) is 0. The molecule has 0 aliphatic heterocycles. The van der Waals surface area contributed by atoms with Gasteiger partial charge in [0.1, 0.15) is 0 Å². The van der Waals surface area contributed by atoms with Gasteiger partial charge >= 0.3 is 0 Å². The van der Waals surface area contributed by atoms with Crippen molar-refractivity contribution in [2.24, 2.45) is 0 Å². The van der Waals surface area contributed by atoms with Crippen molar-refractivity contribution >= 4 is 19.9 Å². The third-order valence-corrected chi connectivity index (χ3v) is 8.88. The molecule has 30 heavy (non-hydrogen) atoms. The van der Waals surface area contributed by atoms with Crippen LogP contribution in [-0.2, 0) is 19.9 Å². The van der Waals surface area contributed by atoms with E-state index in [1.54, 1.807) is 72.8 Å². The van der Waals surface area contributed by atoms with Gasteiger partial charge in [-0.05, 0) is 54.4 Å². The number of hydrogen-bond donors (Lipinski definition) is 0. The Morgan fingerprint density at radius 2 is 0.967 bits per heavy atom. The summed E-state index contributed by atoms with van der Waals surface area (Å²) in [5.41, 5.74) is 2.62. The van der Waals surface area contributed by atoms with Gasteiger partial charge in [-0.15, -0.1) is 0 Å². The lowest BCUT2D eigenvalue weighted by Gasteiger charge is -2.18. The second-order valence-electron chi connectivity index (χ2n) is 6.95. The second-order valence-corrected chi connectivity index (χ2v) is 10.8. The lowest BCUT2D eigenvalue weighted by atomic mass is 10.1. The molecule has 0 unspecified atom stereocenters. The highest BCUT2D eigenvalue weighted by Crippen LogP contribution is 2.26. The molecule has 158 valence electrons.